The highest BCUT2D eigenvalue weighted by Crippen LogP contribution is 2.40. The lowest BCUT2D eigenvalue weighted by Crippen LogP contribution is -2.47. The SMILES string of the molecule is CCOC(=O)C1CCCN(C(=O)CN(C)C(=O)c2sc3nc(C4CC4)nc(C)c3c2C)C1. The van der Waals surface area contributed by atoms with Gasteiger partial charge in [0.05, 0.1) is 29.6 Å². The average Bonchev–Trinajstić information content (AvgIpc) is 3.57. The Labute approximate surface area is 192 Å². The van der Waals surface area contributed by atoms with Crippen LogP contribution in [-0.2, 0) is 14.3 Å². The van der Waals surface area contributed by atoms with Crippen LogP contribution in [-0.4, -0.2) is 70.8 Å². The molecule has 9 heteroatoms. The molecule has 172 valence electrons. The predicted molar refractivity (Wildman–Crippen MR) is 122 cm³/mol. The van der Waals surface area contributed by atoms with Crippen LogP contribution < -0.4 is 0 Å². The summed E-state index contributed by atoms with van der Waals surface area (Å²) >= 11 is 1.38. The number of ether oxygens (including phenoxy) is 1. The van der Waals surface area contributed by atoms with Crippen LogP contribution in [0.25, 0.3) is 10.2 Å². The highest BCUT2D eigenvalue weighted by atomic mass is 32.1. The van der Waals surface area contributed by atoms with Gasteiger partial charge in [0.2, 0.25) is 5.91 Å². The zero-order valence-electron chi connectivity index (χ0n) is 19.1. The molecule has 2 aliphatic rings. The molecule has 32 heavy (non-hydrogen) atoms. The summed E-state index contributed by atoms with van der Waals surface area (Å²) in [6.45, 7) is 6.91. The van der Waals surface area contributed by atoms with Crippen molar-refractivity contribution in [3.63, 3.8) is 0 Å². The number of hydrogen-bond donors (Lipinski definition) is 0. The molecule has 0 N–H and O–H groups in total. The van der Waals surface area contributed by atoms with Crippen molar-refractivity contribution in [1.82, 2.24) is 19.8 Å². The highest BCUT2D eigenvalue weighted by molar-refractivity contribution is 7.20. The number of aromatic nitrogens is 2. The zero-order valence-corrected chi connectivity index (χ0v) is 20.0. The highest BCUT2D eigenvalue weighted by Gasteiger charge is 2.31. The second kappa shape index (κ2) is 9.13. The van der Waals surface area contributed by atoms with Gasteiger partial charge in [0.15, 0.2) is 0 Å². The van der Waals surface area contributed by atoms with Crippen molar-refractivity contribution >= 4 is 39.3 Å². The van der Waals surface area contributed by atoms with Gasteiger partial charge in [-0.05, 0) is 52.0 Å². The molecule has 0 radical (unpaired) electrons. The van der Waals surface area contributed by atoms with E-state index in [0.717, 1.165) is 53.0 Å². The fraction of sp³-hybridized carbons (Fsp3) is 0.609. The number of thiophene rings is 1. The lowest BCUT2D eigenvalue weighted by Gasteiger charge is -2.32. The topological polar surface area (TPSA) is 92.7 Å². The second-order valence-electron chi connectivity index (χ2n) is 8.77. The summed E-state index contributed by atoms with van der Waals surface area (Å²) in [6, 6.07) is 0. The predicted octanol–water partition coefficient (Wildman–Crippen LogP) is 3.06. The fourth-order valence-corrected chi connectivity index (χ4v) is 5.53. The Kier molecular flexibility index (Phi) is 6.46. The minimum Gasteiger partial charge on any atom is -0.466 e. The van der Waals surface area contributed by atoms with E-state index in [-0.39, 0.29) is 30.2 Å². The summed E-state index contributed by atoms with van der Waals surface area (Å²) < 4.78 is 5.11. The zero-order chi connectivity index (χ0) is 23.0. The summed E-state index contributed by atoms with van der Waals surface area (Å²) in [5, 5.41) is 0.941. The van der Waals surface area contributed by atoms with Gasteiger partial charge in [-0.25, -0.2) is 9.97 Å². The molecule has 1 aliphatic carbocycles. The van der Waals surface area contributed by atoms with Crippen molar-refractivity contribution in [3.05, 3.63) is 22.0 Å². The maximum Gasteiger partial charge on any atom is 0.310 e. The molecule has 2 amide bonds. The van der Waals surface area contributed by atoms with E-state index in [1.54, 1.807) is 18.9 Å². The van der Waals surface area contributed by atoms with Crippen molar-refractivity contribution in [3.8, 4) is 0 Å². The third-order valence-electron chi connectivity index (χ3n) is 6.24. The summed E-state index contributed by atoms with van der Waals surface area (Å²) in [7, 11) is 1.64. The lowest BCUT2D eigenvalue weighted by atomic mass is 9.98. The van der Waals surface area contributed by atoms with Gasteiger partial charge in [0.25, 0.3) is 5.91 Å². The van der Waals surface area contributed by atoms with Crippen molar-refractivity contribution in [1.29, 1.82) is 0 Å². The number of nitrogens with zero attached hydrogens (tertiary/aromatic N) is 4. The van der Waals surface area contributed by atoms with E-state index in [9.17, 15) is 14.4 Å². The molecule has 1 saturated heterocycles. The fourth-order valence-electron chi connectivity index (χ4n) is 4.29. The second-order valence-corrected chi connectivity index (χ2v) is 9.77. The van der Waals surface area contributed by atoms with E-state index >= 15 is 0 Å². The molecule has 8 nitrogen and oxygen atoms in total. The third kappa shape index (κ3) is 4.48. The van der Waals surface area contributed by atoms with Gasteiger partial charge in [-0.1, -0.05) is 0 Å². The first-order valence-corrected chi connectivity index (χ1v) is 12.1. The van der Waals surface area contributed by atoms with E-state index in [0.29, 0.717) is 30.5 Å². The van der Waals surface area contributed by atoms with Crippen molar-refractivity contribution in [2.24, 2.45) is 5.92 Å². The Morgan fingerprint density at radius 3 is 2.62 bits per heavy atom. The number of rotatable bonds is 6. The van der Waals surface area contributed by atoms with E-state index in [2.05, 4.69) is 4.98 Å². The van der Waals surface area contributed by atoms with Gasteiger partial charge in [-0.15, -0.1) is 11.3 Å². The average molecular weight is 459 g/mol. The Hall–Kier alpha value is -2.55. The van der Waals surface area contributed by atoms with Crippen LogP contribution >= 0.6 is 11.3 Å². The minimum atomic E-state index is -0.291. The van der Waals surface area contributed by atoms with Crippen LogP contribution in [0.4, 0.5) is 0 Å². The molecule has 0 bridgehead atoms. The van der Waals surface area contributed by atoms with E-state index in [4.69, 9.17) is 9.72 Å². The standard InChI is InChI=1S/C23H30N4O4S/c1-5-31-23(30)16-7-6-10-27(11-16)17(28)12-26(4)22(29)19-13(2)18-14(3)24-20(15-8-9-15)25-21(18)32-19/h15-16H,5-12H2,1-4H3. The van der Waals surface area contributed by atoms with Gasteiger partial charge in [0, 0.05) is 31.4 Å². The van der Waals surface area contributed by atoms with Gasteiger partial charge in [-0.2, -0.15) is 0 Å². The van der Waals surface area contributed by atoms with Crippen LogP contribution in [0.5, 0.6) is 0 Å². The summed E-state index contributed by atoms with van der Waals surface area (Å²) in [5.41, 5.74) is 1.77. The van der Waals surface area contributed by atoms with Gasteiger partial charge in [-0.3, -0.25) is 14.4 Å². The largest absolute Gasteiger partial charge is 0.466 e. The first-order chi connectivity index (χ1) is 15.3. The van der Waals surface area contributed by atoms with Crippen molar-refractivity contribution < 1.29 is 19.1 Å². The first kappa shape index (κ1) is 22.6. The molecule has 2 aromatic rings. The molecule has 1 atom stereocenters. The number of piperidine rings is 1. The number of amides is 2. The van der Waals surface area contributed by atoms with Gasteiger partial charge < -0.3 is 14.5 Å². The molecule has 0 spiro atoms. The molecular weight excluding hydrogens is 428 g/mol. The van der Waals surface area contributed by atoms with E-state index in [1.165, 1.54) is 16.2 Å². The normalized spacial score (nSPS) is 18.6. The number of esters is 1. The summed E-state index contributed by atoms with van der Waals surface area (Å²) in [6.07, 6.45) is 3.73. The Morgan fingerprint density at radius 2 is 1.94 bits per heavy atom. The van der Waals surface area contributed by atoms with Gasteiger partial charge >= 0.3 is 5.97 Å². The van der Waals surface area contributed by atoms with Gasteiger partial charge in [0.1, 0.15) is 10.7 Å². The number of likely N-dealkylation sites (tertiary alicyclic amines) is 1. The third-order valence-corrected chi connectivity index (χ3v) is 7.41. The summed E-state index contributed by atoms with van der Waals surface area (Å²) in [5.74, 6) is 0.437. The molecular formula is C23H30N4O4S. The van der Waals surface area contributed by atoms with Crippen LogP contribution in [0.2, 0.25) is 0 Å². The molecule has 1 unspecified atom stereocenters. The van der Waals surface area contributed by atoms with Crippen LogP contribution in [0.1, 0.15) is 65.3 Å². The van der Waals surface area contributed by atoms with Crippen LogP contribution in [0, 0.1) is 19.8 Å². The number of carbonyl (C=O) groups excluding carboxylic acids is 3. The van der Waals surface area contributed by atoms with E-state index < -0.39 is 0 Å². The molecule has 1 saturated carbocycles. The maximum absolute atomic E-state index is 13.2. The molecule has 1 aliphatic heterocycles. The summed E-state index contributed by atoms with van der Waals surface area (Å²) in [4.78, 5) is 52.1. The quantitative estimate of drug-likeness (QED) is 0.618. The molecule has 3 heterocycles. The van der Waals surface area contributed by atoms with Crippen molar-refractivity contribution in [2.75, 3.05) is 33.3 Å². The molecule has 2 aromatic heterocycles. The van der Waals surface area contributed by atoms with E-state index in [1.807, 2.05) is 13.8 Å². The number of hydrogen-bond acceptors (Lipinski definition) is 7. The monoisotopic (exact) mass is 458 g/mol. The first-order valence-electron chi connectivity index (χ1n) is 11.3. The number of likely N-dealkylation sites (N-methyl/N-ethyl adjacent to an activating group) is 1. The maximum atomic E-state index is 13.2. The number of carbonyl (C=O) groups is 3. The lowest BCUT2D eigenvalue weighted by molar-refractivity contribution is -0.151. The molecule has 4 rings (SSSR count). The number of fused-ring (bicyclic) bond motifs is 1. The Bertz CT molecular complexity index is 1060. The minimum absolute atomic E-state index is 0.0277. The van der Waals surface area contributed by atoms with Crippen molar-refractivity contribution in [2.45, 2.75) is 52.4 Å². The van der Waals surface area contributed by atoms with Crippen LogP contribution in [0.3, 0.4) is 0 Å². The molecule has 2 fully saturated rings. The number of aryl methyl sites for hydroxylation is 2. The Balaban J connectivity index is 1.46. The smallest absolute Gasteiger partial charge is 0.310 e. The Morgan fingerprint density at radius 1 is 1.19 bits per heavy atom. The van der Waals surface area contributed by atoms with Crippen LogP contribution in [0.15, 0.2) is 0 Å². The molecule has 0 aromatic carbocycles.